The van der Waals surface area contributed by atoms with Gasteiger partial charge in [0.25, 0.3) is 0 Å². The molecule has 3 rings (SSSR count). The van der Waals surface area contributed by atoms with Crippen LogP contribution in [0.25, 0.3) is 11.1 Å². The highest BCUT2D eigenvalue weighted by molar-refractivity contribution is 7.99. The lowest BCUT2D eigenvalue weighted by Crippen LogP contribution is -1.97. The van der Waals surface area contributed by atoms with Crippen LogP contribution < -0.4 is 4.74 Å². The summed E-state index contributed by atoms with van der Waals surface area (Å²) in [5, 5.41) is 0.889. The van der Waals surface area contributed by atoms with E-state index in [-0.39, 0.29) is 0 Å². The highest BCUT2D eigenvalue weighted by atomic mass is 32.2. The molecule has 200 valence electrons. The number of benzene rings is 1. The van der Waals surface area contributed by atoms with Gasteiger partial charge in [-0.3, -0.25) is 0 Å². The summed E-state index contributed by atoms with van der Waals surface area (Å²) in [6.07, 6.45) is 28.7. The largest absolute Gasteiger partial charge is 0.494 e. The molecule has 0 amide bonds. The van der Waals surface area contributed by atoms with Gasteiger partial charge < -0.3 is 4.74 Å². The molecular weight excluding hydrogens is 460 g/mol. The summed E-state index contributed by atoms with van der Waals surface area (Å²) in [4.78, 5) is 9.16. The normalized spacial score (nSPS) is 13.2. The Kier molecular flexibility index (Phi) is 15.0. The standard InChI is InChI=1S/C32H50N2OS/c1-2-3-4-5-6-10-13-16-25-36-32-33-26-30(27-34-32)29-20-22-31(23-21-29)35-24-15-12-9-7-8-11-14-17-28-18-19-28/h20-23,26-28H,2-19,24-25H2,1H3. The van der Waals surface area contributed by atoms with Crippen molar-refractivity contribution >= 4 is 11.8 Å². The molecule has 1 aromatic carbocycles. The number of aromatic nitrogens is 2. The number of rotatable bonds is 22. The molecule has 0 atom stereocenters. The molecule has 4 heteroatoms. The van der Waals surface area contributed by atoms with Crippen molar-refractivity contribution in [3.05, 3.63) is 36.7 Å². The number of hydrogen-bond donors (Lipinski definition) is 0. The minimum absolute atomic E-state index is 0.814. The Morgan fingerprint density at radius 3 is 1.92 bits per heavy atom. The number of thioether (sulfide) groups is 1. The summed E-state index contributed by atoms with van der Waals surface area (Å²) in [5.74, 6) is 3.17. The second-order valence-electron chi connectivity index (χ2n) is 10.7. The van der Waals surface area contributed by atoms with Crippen LogP contribution in [0.4, 0.5) is 0 Å². The maximum Gasteiger partial charge on any atom is 0.187 e. The summed E-state index contributed by atoms with van der Waals surface area (Å²) in [6.45, 7) is 3.09. The predicted molar refractivity (Wildman–Crippen MR) is 156 cm³/mol. The van der Waals surface area contributed by atoms with Crippen LogP contribution in [0.3, 0.4) is 0 Å². The van der Waals surface area contributed by atoms with Gasteiger partial charge >= 0.3 is 0 Å². The van der Waals surface area contributed by atoms with E-state index in [0.29, 0.717) is 0 Å². The molecule has 0 saturated heterocycles. The average Bonchev–Trinajstić information content (AvgIpc) is 3.74. The monoisotopic (exact) mass is 510 g/mol. The first kappa shape index (κ1) is 29.0. The zero-order valence-corrected chi connectivity index (χ0v) is 23.7. The first-order valence-electron chi connectivity index (χ1n) is 15.0. The number of unbranched alkanes of at least 4 members (excludes halogenated alkanes) is 13. The van der Waals surface area contributed by atoms with Crippen LogP contribution in [-0.4, -0.2) is 22.3 Å². The summed E-state index contributed by atoms with van der Waals surface area (Å²) in [7, 11) is 0. The van der Waals surface area contributed by atoms with Gasteiger partial charge in [0.15, 0.2) is 5.16 Å². The molecule has 0 bridgehead atoms. The Hall–Kier alpha value is -1.55. The SMILES string of the molecule is CCCCCCCCCCSc1ncc(-c2ccc(OCCCCCCCCCC3CC3)cc2)cn1. The zero-order chi connectivity index (χ0) is 25.1. The van der Waals surface area contributed by atoms with Crippen molar-refractivity contribution in [2.45, 2.75) is 128 Å². The fraction of sp³-hybridized carbons (Fsp3) is 0.688. The molecule has 0 unspecified atom stereocenters. The van der Waals surface area contributed by atoms with E-state index in [0.717, 1.165) is 46.7 Å². The smallest absolute Gasteiger partial charge is 0.187 e. The minimum Gasteiger partial charge on any atom is -0.494 e. The van der Waals surface area contributed by atoms with Gasteiger partial charge in [0.2, 0.25) is 0 Å². The molecule has 36 heavy (non-hydrogen) atoms. The van der Waals surface area contributed by atoms with Crippen molar-refractivity contribution < 1.29 is 4.74 Å². The summed E-state index contributed by atoms with van der Waals surface area (Å²) < 4.78 is 5.96. The second-order valence-corrected chi connectivity index (χ2v) is 11.7. The Labute approximate surface area is 225 Å². The molecule has 1 heterocycles. The lowest BCUT2D eigenvalue weighted by molar-refractivity contribution is 0.304. The maximum absolute atomic E-state index is 5.96. The van der Waals surface area contributed by atoms with Crippen LogP contribution in [0.2, 0.25) is 0 Å². The number of hydrogen-bond acceptors (Lipinski definition) is 4. The molecule has 2 aromatic rings. The van der Waals surface area contributed by atoms with Crippen molar-refractivity contribution in [3.63, 3.8) is 0 Å². The topological polar surface area (TPSA) is 35.0 Å². The summed E-state index contributed by atoms with van der Waals surface area (Å²) in [6, 6.07) is 8.37. The average molecular weight is 511 g/mol. The van der Waals surface area contributed by atoms with Crippen molar-refractivity contribution in [2.75, 3.05) is 12.4 Å². The lowest BCUT2D eigenvalue weighted by atomic mass is 10.1. The van der Waals surface area contributed by atoms with Crippen molar-refractivity contribution in [3.8, 4) is 16.9 Å². The first-order chi connectivity index (χ1) is 17.8. The lowest BCUT2D eigenvalue weighted by Gasteiger charge is -2.08. The Bertz CT molecular complexity index is 789. The Morgan fingerprint density at radius 1 is 0.694 bits per heavy atom. The predicted octanol–water partition coefficient (Wildman–Crippen LogP) is 10.3. The van der Waals surface area contributed by atoms with Crippen LogP contribution in [0.5, 0.6) is 5.75 Å². The van der Waals surface area contributed by atoms with Gasteiger partial charge in [-0.25, -0.2) is 9.97 Å². The number of nitrogens with zero attached hydrogens (tertiary/aromatic N) is 2. The molecule has 1 aliphatic carbocycles. The van der Waals surface area contributed by atoms with Gasteiger partial charge in [-0.1, -0.05) is 134 Å². The van der Waals surface area contributed by atoms with Crippen LogP contribution >= 0.6 is 11.8 Å². The van der Waals surface area contributed by atoms with E-state index < -0.39 is 0 Å². The molecular formula is C32H50N2OS. The molecule has 0 aliphatic heterocycles. The van der Waals surface area contributed by atoms with Crippen LogP contribution in [0.1, 0.15) is 122 Å². The van der Waals surface area contributed by atoms with E-state index in [9.17, 15) is 0 Å². The van der Waals surface area contributed by atoms with Gasteiger partial charge in [-0.05, 0) is 36.5 Å². The molecule has 1 aliphatic rings. The molecule has 3 nitrogen and oxygen atoms in total. The maximum atomic E-state index is 5.96. The quantitative estimate of drug-likeness (QED) is 0.0896. The third-order valence-electron chi connectivity index (χ3n) is 7.27. The summed E-state index contributed by atoms with van der Waals surface area (Å²) in [5.41, 5.74) is 2.21. The van der Waals surface area contributed by atoms with Crippen molar-refractivity contribution in [1.29, 1.82) is 0 Å². The minimum atomic E-state index is 0.814. The fourth-order valence-corrected chi connectivity index (χ4v) is 5.48. The first-order valence-corrected chi connectivity index (χ1v) is 16.0. The molecule has 0 N–H and O–H groups in total. The highest BCUT2D eigenvalue weighted by Gasteiger charge is 2.19. The highest BCUT2D eigenvalue weighted by Crippen LogP contribution is 2.34. The van der Waals surface area contributed by atoms with Gasteiger partial charge in [0, 0.05) is 23.7 Å². The Morgan fingerprint density at radius 2 is 1.28 bits per heavy atom. The van der Waals surface area contributed by atoms with E-state index in [1.54, 1.807) is 11.8 Å². The molecule has 0 spiro atoms. The van der Waals surface area contributed by atoms with E-state index in [1.165, 1.54) is 109 Å². The van der Waals surface area contributed by atoms with E-state index >= 15 is 0 Å². The van der Waals surface area contributed by atoms with E-state index in [1.807, 2.05) is 12.4 Å². The summed E-state index contributed by atoms with van der Waals surface area (Å²) >= 11 is 1.78. The van der Waals surface area contributed by atoms with Crippen molar-refractivity contribution in [2.24, 2.45) is 5.92 Å². The van der Waals surface area contributed by atoms with E-state index in [2.05, 4.69) is 41.2 Å². The Balaban J connectivity index is 1.20. The second kappa shape index (κ2) is 18.7. The molecule has 0 radical (unpaired) electrons. The number of ether oxygens (including phenoxy) is 1. The van der Waals surface area contributed by atoms with Crippen LogP contribution in [0.15, 0.2) is 41.8 Å². The van der Waals surface area contributed by atoms with Gasteiger partial charge in [-0.15, -0.1) is 0 Å². The molecule has 1 aromatic heterocycles. The third kappa shape index (κ3) is 13.1. The van der Waals surface area contributed by atoms with Crippen molar-refractivity contribution in [1.82, 2.24) is 9.97 Å². The molecule has 1 fully saturated rings. The van der Waals surface area contributed by atoms with Gasteiger partial charge in [0.1, 0.15) is 5.75 Å². The van der Waals surface area contributed by atoms with Crippen LogP contribution in [-0.2, 0) is 0 Å². The zero-order valence-electron chi connectivity index (χ0n) is 22.9. The molecule has 1 saturated carbocycles. The fourth-order valence-electron chi connectivity index (χ4n) is 4.70. The van der Waals surface area contributed by atoms with Gasteiger partial charge in [-0.2, -0.15) is 0 Å². The third-order valence-corrected chi connectivity index (χ3v) is 8.23. The van der Waals surface area contributed by atoms with E-state index in [4.69, 9.17) is 4.74 Å². The van der Waals surface area contributed by atoms with Crippen LogP contribution in [0, 0.1) is 5.92 Å². The van der Waals surface area contributed by atoms with Gasteiger partial charge in [0.05, 0.1) is 6.61 Å².